The van der Waals surface area contributed by atoms with Crippen LogP contribution in [0.2, 0.25) is 0 Å². The van der Waals surface area contributed by atoms with Crippen molar-refractivity contribution in [2.24, 2.45) is 0 Å². The minimum Gasteiger partial charge on any atom is -0.380 e. The fourth-order valence-electron chi connectivity index (χ4n) is 2.01. The maximum atomic E-state index is 11.9. The van der Waals surface area contributed by atoms with Gasteiger partial charge in [-0.1, -0.05) is 19.1 Å². The molecule has 1 saturated heterocycles. The lowest BCUT2D eigenvalue weighted by Gasteiger charge is -2.19. The van der Waals surface area contributed by atoms with Crippen molar-refractivity contribution >= 4 is 11.7 Å². The molecule has 1 aromatic rings. The molecule has 2 rings (SSSR count). The Morgan fingerprint density at radius 3 is 2.67 bits per heavy atom. The number of hydrogen-bond acceptors (Lipinski definition) is 4. The second kappa shape index (κ2) is 5.34. The molecule has 18 heavy (non-hydrogen) atoms. The number of benzene rings is 1. The third-order valence-corrected chi connectivity index (χ3v) is 2.97. The van der Waals surface area contributed by atoms with Crippen LogP contribution in [0.5, 0.6) is 0 Å². The molecule has 1 fully saturated rings. The van der Waals surface area contributed by atoms with Gasteiger partial charge in [0.1, 0.15) is 0 Å². The van der Waals surface area contributed by atoms with Crippen molar-refractivity contribution in [1.82, 2.24) is 16.1 Å². The summed E-state index contributed by atoms with van der Waals surface area (Å²) in [5.74, 6) is 0. The van der Waals surface area contributed by atoms with E-state index in [0.29, 0.717) is 6.61 Å². The van der Waals surface area contributed by atoms with E-state index in [4.69, 9.17) is 4.74 Å². The third-order valence-electron chi connectivity index (χ3n) is 2.97. The normalized spacial score (nSPS) is 15.6. The Kier molecular flexibility index (Phi) is 3.81. The highest BCUT2D eigenvalue weighted by molar-refractivity contribution is 5.92. The average molecular weight is 250 g/mol. The lowest BCUT2D eigenvalue weighted by atomic mass is 10.0. The van der Waals surface area contributed by atoms with Crippen LogP contribution in [0.25, 0.3) is 0 Å². The minimum atomic E-state index is -0.152. The Balaban J connectivity index is 2.40. The summed E-state index contributed by atoms with van der Waals surface area (Å²) in [7, 11) is 3.31. The summed E-state index contributed by atoms with van der Waals surface area (Å²) in [5.41, 5.74) is 8.60. The zero-order chi connectivity index (χ0) is 13.1. The van der Waals surface area contributed by atoms with Crippen molar-refractivity contribution in [3.8, 4) is 0 Å². The topological polar surface area (TPSA) is 56.8 Å². The van der Waals surface area contributed by atoms with Crippen molar-refractivity contribution in [1.29, 1.82) is 0 Å². The Hall–Kier alpha value is -1.63. The van der Waals surface area contributed by atoms with Gasteiger partial charge in [0.2, 0.25) is 0 Å². The maximum absolute atomic E-state index is 11.9. The number of aryl methyl sites for hydroxylation is 1. The van der Waals surface area contributed by atoms with E-state index >= 15 is 0 Å². The summed E-state index contributed by atoms with van der Waals surface area (Å²) < 4.78 is 5.23. The van der Waals surface area contributed by atoms with Gasteiger partial charge in [-0.3, -0.25) is 0 Å². The van der Waals surface area contributed by atoms with Crippen LogP contribution in [-0.4, -0.2) is 25.2 Å². The molecule has 1 aliphatic heterocycles. The summed E-state index contributed by atoms with van der Waals surface area (Å²) in [6.45, 7) is 2.57. The number of nitrogens with one attached hydrogen (secondary N) is 2. The predicted molar refractivity (Wildman–Crippen MR) is 68.4 cm³/mol. The molecule has 2 amide bonds. The van der Waals surface area contributed by atoms with Crippen molar-refractivity contribution in [2.45, 2.75) is 20.0 Å². The molecule has 0 aromatic heterocycles. The minimum absolute atomic E-state index is 0.152. The highest BCUT2D eigenvalue weighted by atomic mass is 16.5. The number of carbonyl (C=O) groups excluding carboxylic acids is 1. The molecule has 0 radical (unpaired) electrons. The number of ether oxygens (including phenoxy) is 1. The predicted octanol–water partition coefficient (Wildman–Crippen LogP) is 1.19. The van der Waals surface area contributed by atoms with E-state index in [9.17, 15) is 4.79 Å². The third kappa shape index (κ3) is 2.17. The summed E-state index contributed by atoms with van der Waals surface area (Å²) in [5, 5.41) is 2.86. The van der Waals surface area contributed by atoms with E-state index in [0.717, 1.165) is 17.7 Å². The zero-order valence-corrected chi connectivity index (χ0v) is 10.9. The van der Waals surface area contributed by atoms with Crippen molar-refractivity contribution in [2.75, 3.05) is 19.2 Å². The molecule has 2 N–H and O–H groups in total. The number of hydrazine groups is 3. The summed E-state index contributed by atoms with van der Waals surface area (Å²) in [6, 6.07) is 5.75. The largest absolute Gasteiger partial charge is 0.380 e. The Labute approximate surface area is 106 Å². The van der Waals surface area contributed by atoms with Crippen LogP contribution >= 0.6 is 0 Å². The molecule has 98 valence electrons. The van der Waals surface area contributed by atoms with Crippen LogP contribution < -0.4 is 16.1 Å². The van der Waals surface area contributed by atoms with E-state index in [2.05, 4.69) is 24.1 Å². The van der Waals surface area contributed by atoms with E-state index in [-0.39, 0.29) is 6.03 Å². The number of hydrogen-bond donors (Lipinski definition) is 2. The van der Waals surface area contributed by atoms with Crippen molar-refractivity contribution < 1.29 is 9.53 Å². The number of amides is 2. The maximum Gasteiger partial charge on any atom is 0.355 e. The number of methoxy groups -OCH3 is 1. The Morgan fingerprint density at radius 1 is 1.33 bits per heavy atom. The summed E-state index contributed by atoms with van der Waals surface area (Å²) >= 11 is 0. The van der Waals surface area contributed by atoms with Crippen LogP contribution in [0.4, 0.5) is 10.5 Å². The molecular formula is C12H18N4O2. The van der Waals surface area contributed by atoms with E-state index in [1.165, 1.54) is 15.6 Å². The second-order valence-electron chi connectivity index (χ2n) is 4.10. The van der Waals surface area contributed by atoms with Gasteiger partial charge >= 0.3 is 6.03 Å². The first-order chi connectivity index (χ1) is 8.69. The van der Waals surface area contributed by atoms with Gasteiger partial charge in [-0.15, -0.1) is 11.1 Å². The molecule has 1 aliphatic rings. The zero-order valence-electron chi connectivity index (χ0n) is 10.9. The van der Waals surface area contributed by atoms with Crippen molar-refractivity contribution in [3.05, 3.63) is 29.3 Å². The van der Waals surface area contributed by atoms with Gasteiger partial charge in [0.15, 0.2) is 0 Å². The molecule has 0 atom stereocenters. The van der Waals surface area contributed by atoms with Gasteiger partial charge in [0.25, 0.3) is 0 Å². The molecule has 0 aliphatic carbocycles. The van der Waals surface area contributed by atoms with Gasteiger partial charge in [0, 0.05) is 19.7 Å². The van der Waals surface area contributed by atoms with Gasteiger partial charge < -0.3 is 4.74 Å². The summed E-state index contributed by atoms with van der Waals surface area (Å²) in [4.78, 5) is 11.9. The molecule has 1 aromatic carbocycles. The molecule has 6 nitrogen and oxygen atoms in total. The standard InChI is InChI=1S/C12H18N4O2/c1-4-9-6-5-7-11(10(9)8-18-3)16-12(17)15(2)13-14-16/h5-7,13-14H,4,8H2,1-3H3. The molecule has 0 spiro atoms. The van der Waals surface area contributed by atoms with Crippen LogP contribution in [0.1, 0.15) is 18.1 Å². The van der Waals surface area contributed by atoms with Crippen molar-refractivity contribution in [3.63, 3.8) is 0 Å². The number of urea groups is 1. The number of rotatable bonds is 4. The second-order valence-corrected chi connectivity index (χ2v) is 4.10. The fraction of sp³-hybridized carbons (Fsp3) is 0.417. The molecule has 0 unspecified atom stereocenters. The SMILES string of the molecule is CCc1cccc(N2NNN(C)C2=O)c1COC. The number of carbonyl (C=O) groups is 1. The average Bonchev–Trinajstić information content (AvgIpc) is 2.71. The van der Waals surface area contributed by atoms with Crippen LogP contribution in [0.3, 0.4) is 0 Å². The first kappa shape index (κ1) is 12.8. The Morgan fingerprint density at radius 2 is 2.11 bits per heavy atom. The van der Waals surface area contributed by atoms with Crippen LogP contribution in [0, 0.1) is 0 Å². The van der Waals surface area contributed by atoms with Gasteiger partial charge in [-0.05, 0) is 18.1 Å². The lowest BCUT2D eigenvalue weighted by Crippen LogP contribution is -2.38. The first-order valence-corrected chi connectivity index (χ1v) is 5.87. The van der Waals surface area contributed by atoms with Gasteiger partial charge in [-0.2, -0.15) is 0 Å². The van der Waals surface area contributed by atoms with E-state index in [1.807, 2.05) is 12.1 Å². The van der Waals surface area contributed by atoms with Gasteiger partial charge in [0.05, 0.1) is 12.3 Å². The van der Waals surface area contributed by atoms with E-state index in [1.54, 1.807) is 14.2 Å². The molecular weight excluding hydrogens is 232 g/mol. The highest BCUT2D eigenvalue weighted by Crippen LogP contribution is 2.25. The fourth-order valence-corrected chi connectivity index (χ4v) is 2.01. The van der Waals surface area contributed by atoms with Crippen LogP contribution in [0.15, 0.2) is 18.2 Å². The lowest BCUT2D eigenvalue weighted by molar-refractivity contribution is 0.184. The number of nitrogens with zero attached hydrogens (tertiary/aromatic N) is 2. The first-order valence-electron chi connectivity index (χ1n) is 5.87. The molecule has 0 bridgehead atoms. The molecule has 1 heterocycles. The van der Waals surface area contributed by atoms with Crippen LogP contribution in [-0.2, 0) is 17.8 Å². The quantitative estimate of drug-likeness (QED) is 0.843. The molecule has 6 heteroatoms. The Bertz CT molecular complexity index is 450. The highest BCUT2D eigenvalue weighted by Gasteiger charge is 2.28. The smallest absolute Gasteiger partial charge is 0.355 e. The van der Waals surface area contributed by atoms with Gasteiger partial charge in [-0.25, -0.2) is 14.8 Å². The monoisotopic (exact) mass is 250 g/mol. The summed E-state index contributed by atoms with van der Waals surface area (Å²) in [6.07, 6.45) is 0.901. The number of anilines is 1. The molecule has 0 saturated carbocycles. The van der Waals surface area contributed by atoms with E-state index < -0.39 is 0 Å².